The standard InChI is InChI=1S/C18H14N2O6/c21-16(26-13-9-7-12(8-10-13)20(24)25)6-3-11-19-17(22)14-4-1-2-5-15(14)18(19)23/h1-2,4-5,7-10H,3,6,11H2. The molecule has 2 aromatic rings. The van der Waals surface area contributed by atoms with Crippen LogP contribution in [0.5, 0.6) is 5.75 Å². The molecular weight excluding hydrogens is 340 g/mol. The number of esters is 1. The number of carbonyl (C=O) groups excluding carboxylic acids is 3. The maximum atomic E-state index is 12.2. The van der Waals surface area contributed by atoms with Crippen molar-refractivity contribution in [2.24, 2.45) is 0 Å². The van der Waals surface area contributed by atoms with E-state index in [2.05, 4.69) is 0 Å². The molecule has 0 atom stereocenters. The number of carbonyl (C=O) groups is 3. The molecule has 0 aliphatic carbocycles. The molecule has 1 aliphatic rings. The lowest BCUT2D eigenvalue weighted by Gasteiger charge is -2.13. The fourth-order valence-electron chi connectivity index (χ4n) is 2.64. The number of hydrogen-bond acceptors (Lipinski definition) is 6. The number of hydrogen-bond donors (Lipinski definition) is 0. The van der Waals surface area contributed by atoms with Gasteiger partial charge >= 0.3 is 5.97 Å². The molecule has 8 heteroatoms. The highest BCUT2D eigenvalue weighted by atomic mass is 16.6. The Labute approximate surface area is 148 Å². The first-order chi connectivity index (χ1) is 12.5. The predicted molar refractivity (Wildman–Crippen MR) is 89.8 cm³/mol. The van der Waals surface area contributed by atoms with Gasteiger partial charge in [-0.05, 0) is 30.7 Å². The number of imide groups is 1. The first-order valence-corrected chi connectivity index (χ1v) is 7.88. The summed E-state index contributed by atoms with van der Waals surface area (Å²) in [5.41, 5.74) is 0.632. The van der Waals surface area contributed by atoms with Gasteiger partial charge in [0, 0.05) is 25.1 Å². The lowest BCUT2D eigenvalue weighted by atomic mass is 10.1. The number of non-ortho nitro benzene ring substituents is 1. The summed E-state index contributed by atoms with van der Waals surface area (Å²) in [5.74, 6) is -1.08. The largest absolute Gasteiger partial charge is 0.427 e. The Bertz CT molecular complexity index is 856. The van der Waals surface area contributed by atoms with E-state index in [-0.39, 0.29) is 42.6 Å². The molecule has 2 amide bonds. The summed E-state index contributed by atoms with van der Waals surface area (Å²) >= 11 is 0. The molecule has 132 valence electrons. The van der Waals surface area contributed by atoms with E-state index in [1.165, 1.54) is 24.3 Å². The third-order valence-corrected chi connectivity index (χ3v) is 3.92. The van der Waals surface area contributed by atoms with Crippen molar-refractivity contribution in [1.29, 1.82) is 0 Å². The van der Waals surface area contributed by atoms with Crippen molar-refractivity contribution in [2.75, 3.05) is 6.54 Å². The molecule has 0 N–H and O–H groups in total. The zero-order valence-electron chi connectivity index (χ0n) is 13.6. The lowest BCUT2D eigenvalue weighted by molar-refractivity contribution is -0.384. The van der Waals surface area contributed by atoms with Crippen LogP contribution in [0.3, 0.4) is 0 Å². The highest BCUT2D eigenvalue weighted by Crippen LogP contribution is 2.23. The van der Waals surface area contributed by atoms with E-state index in [1.807, 2.05) is 0 Å². The van der Waals surface area contributed by atoms with Crippen LogP contribution in [0.4, 0.5) is 5.69 Å². The van der Waals surface area contributed by atoms with E-state index in [4.69, 9.17) is 4.74 Å². The lowest BCUT2D eigenvalue weighted by Crippen LogP contribution is -2.31. The molecule has 1 heterocycles. The molecule has 0 saturated heterocycles. The van der Waals surface area contributed by atoms with Crippen molar-refractivity contribution in [3.63, 3.8) is 0 Å². The summed E-state index contributed by atoms with van der Waals surface area (Å²) in [6.07, 6.45) is 0.266. The summed E-state index contributed by atoms with van der Waals surface area (Å²) in [7, 11) is 0. The van der Waals surface area contributed by atoms with E-state index in [9.17, 15) is 24.5 Å². The fourth-order valence-corrected chi connectivity index (χ4v) is 2.64. The predicted octanol–water partition coefficient (Wildman–Crippen LogP) is 2.58. The van der Waals surface area contributed by atoms with Crippen LogP contribution in [0.1, 0.15) is 33.6 Å². The third-order valence-electron chi connectivity index (χ3n) is 3.92. The number of rotatable bonds is 6. The maximum Gasteiger partial charge on any atom is 0.311 e. The Balaban J connectivity index is 1.51. The fraction of sp³-hybridized carbons (Fsp3) is 0.167. The zero-order chi connectivity index (χ0) is 18.7. The molecule has 2 aromatic carbocycles. The molecule has 8 nitrogen and oxygen atoms in total. The molecule has 0 fully saturated rings. The summed E-state index contributed by atoms with van der Waals surface area (Å²) in [6, 6.07) is 11.7. The topological polar surface area (TPSA) is 107 Å². The number of amides is 2. The van der Waals surface area contributed by atoms with Crippen molar-refractivity contribution in [3.05, 3.63) is 69.8 Å². The first-order valence-electron chi connectivity index (χ1n) is 7.88. The number of nitro groups is 1. The number of benzene rings is 2. The maximum absolute atomic E-state index is 12.2. The van der Waals surface area contributed by atoms with Gasteiger partial charge in [0.25, 0.3) is 17.5 Å². The van der Waals surface area contributed by atoms with Gasteiger partial charge < -0.3 is 4.74 Å². The van der Waals surface area contributed by atoms with E-state index in [0.29, 0.717) is 11.1 Å². The third kappa shape index (κ3) is 3.44. The van der Waals surface area contributed by atoms with Crippen LogP contribution in [0.15, 0.2) is 48.5 Å². The Morgan fingerprint density at radius 1 is 1.00 bits per heavy atom. The highest BCUT2D eigenvalue weighted by Gasteiger charge is 2.34. The van der Waals surface area contributed by atoms with Crippen LogP contribution < -0.4 is 4.74 Å². The smallest absolute Gasteiger partial charge is 0.311 e. The number of nitro benzene ring substituents is 1. The molecule has 0 radical (unpaired) electrons. The number of nitrogens with zero attached hydrogens (tertiary/aromatic N) is 2. The molecule has 3 rings (SSSR count). The zero-order valence-corrected chi connectivity index (χ0v) is 13.6. The molecule has 0 unspecified atom stereocenters. The minimum absolute atomic E-state index is 0.00436. The van der Waals surface area contributed by atoms with Gasteiger partial charge in [-0.25, -0.2) is 0 Å². The van der Waals surface area contributed by atoms with Crippen molar-refractivity contribution >= 4 is 23.5 Å². The van der Waals surface area contributed by atoms with Crippen molar-refractivity contribution in [1.82, 2.24) is 4.90 Å². The van der Waals surface area contributed by atoms with Gasteiger partial charge in [-0.2, -0.15) is 0 Å². The van der Waals surface area contributed by atoms with Gasteiger partial charge in [-0.1, -0.05) is 12.1 Å². The van der Waals surface area contributed by atoms with E-state index < -0.39 is 10.9 Å². The Kier molecular flexibility index (Phi) is 4.74. The van der Waals surface area contributed by atoms with Crippen LogP contribution in [0.2, 0.25) is 0 Å². The molecule has 0 spiro atoms. The van der Waals surface area contributed by atoms with E-state index in [1.54, 1.807) is 24.3 Å². The van der Waals surface area contributed by atoms with Crippen LogP contribution in [-0.2, 0) is 4.79 Å². The molecule has 0 bridgehead atoms. The quantitative estimate of drug-likeness (QED) is 0.259. The van der Waals surface area contributed by atoms with Crippen LogP contribution in [-0.4, -0.2) is 34.2 Å². The molecule has 1 aliphatic heterocycles. The van der Waals surface area contributed by atoms with Crippen LogP contribution in [0, 0.1) is 10.1 Å². The second-order valence-corrected chi connectivity index (χ2v) is 5.64. The van der Waals surface area contributed by atoms with Crippen molar-refractivity contribution < 1.29 is 24.0 Å². The molecule has 0 aromatic heterocycles. The first kappa shape index (κ1) is 17.3. The second-order valence-electron chi connectivity index (χ2n) is 5.64. The monoisotopic (exact) mass is 354 g/mol. The Morgan fingerprint density at radius 3 is 2.12 bits per heavy atom. The van der Waals surface area contributed by atoms with Crippen LogP contribution in [0.25, 0.3) is 0 Å². The summed E-state index contributed by atoms with van der Waals surface area (Å²) in [4.78, 5) is 47.4. The van der Waals surface area contributed by atoms with E-state index >= 15 is 0 Å². The molecule has 0 saturated carbocycles. The van der Waals surface area contributed by atoms with Gasteiger partial charge in [0.15, 0.2) is 0 Å². The van der Waals surface area contributed by atoms with Crippen LogP contribution >= 0.6 is 0 Å². The van der Waals surface area contributed by atoms with Crippen molar-refractivity contribution in [3.8, 4) is 5.75 Å². The summed E-state index contributed by atoms with van der Waals surface area (Å²) in [5, 5.41) is 10.6. The molecule has 26 heavy (non-hydrogen) atoms. The minimum Gasteiger partial charge on any atom is -0.427 e. The number of fused-ring (bicyclic) bond motifs is 1. The minimum atomic E-state index is -0.548. The second kappa shape index (κ2) is 7.14. The summed E-state index contributed by atoms with van der Waals surface area (Å²) < 4.78 is 5.08. The van der Waals surface area contributed by atoms with Gasteiger partial charge in [-0.3, -0.25) is 29.4 Å². The number of ether oxygens (including phenoxy) is 1. The van der Waals surface area contributed by atoms with Crippen molar-refractivity contribution in [2.45, 2.75) is 12.8 Å². The average molecular weight is 354 g/mol. The normalized spacial score (nSPS) is 12.8. The Morgan fingerprint density at radius 2 is 1.58 bits per heavy atom. The van der Waals surface area contributed by atoms with Gasteiger partial charge in [0.1, 0.15) is 5.75 Å². The Hall–Kier alpha value is -3.55. The van der Waals surface area contributed by atoms with Gasteiger partial charge in [0.05, 0.1) is 16.1 Å². The average Bonchev–Trinajstić information content (AvgIpc) is 2.87. The summed E-state index contributed by atoms with van der Waals surface area (Å²) in [6.45, 7) is 0.113. The van der Waals surface area contributed by atoms with Gasteiger partial charge in [0.2, 0.25) is 0 Å². The highest BCUT2D eigenvalue weighted by molar-refractivity contribution is 6.21. The van der Waals surface area contributed by atoms with E-state index in [0.717, 1.165) is 4.90 Å². The van der Waals surface area contributed by atoms with Gasteiger partial charge in [-0.15, -0.1) is 0 Å². The SMILES string of the molecule is O=C(CCCN1C(=O)c2ccccc2C1=O)Oc1ccc([N+](=O)[O-])cc1. The molecular formula is C18H14N2O6.